The van der Waals surface area contributed by atoms with Crippen molar-refractivity contribution in [2.75, 3.05) is 0 Å². The first kappa shape index (κ1) is 17.8. The number of hydrogen-bond acceptors (Lipinski definition) is 2. The second-order valence-electron chi connectivity index (χ2n) is 6.57. The van der Waals surface area contributed by atoms with Crippen LogP contribution in [-0.2, 0) is 0 Å². The van der Waals surface area contributed by atoms with Crippen LogP contribution in [0.4, 0.5) is 4.39 Å². The number of nitrogens with zero attached hydrogens (tertiary/aromatic N) is 1. The molecule has 0 aliphatic carbocycles. The van der Waals surface area contributed by atoms with Gasteiger partial charge < -0.3 is 0 Å². The quantitative estimate of drug-likeness (QED) is 0.390. The number of rotatable bonds is 4. The molecule has 0 bridgehead atoms. The zero-order chi connectivity index (χ0) is 19.5. The van der Waals surface area contributed by atoms with E-state index in [2.05, 4.69) is 0 Å². The topological polar surface area (TPSA) is 30.0 Å². The standard InChI is InChI=1S/C25H18FNO/c1-17(28)24-23(16-13-18-11-14-20(26)15-12-18)27-22-10-6-5-9-21(22)25(24)19-7-3-2-4-8-19/h2-16H,1H3/b16-13+. The summed E-state index contributed by atoms with van der Waals surface area (Å²) in [5.41, 5.74) is 4.72. The molecule has 0 atom stereocenters. The molecular formula is C25H18FNO. The van der Waals surface area contributed by atoms with Crippen LogP contribution in [0.25, 0.3) is 34.2 Å². The molecule has 136 valence electrons. The number of carbonyl (C=O) groups is 1. The number of pyridine rings is 1. The molecule has 2 nitrogen and oxygen atoms in total. The van der Waals surface area contributed by atoms with Gasteiger partial charge in [0.2, 0.25) is 0 Å². The van der Waals surface area contributed by atoms with Gasteiger partial charge in [-0.25, -0.2) is 9.37 Å². The van der Waals surface area contributed by atoms with Crippen LogP contribution in [0.15, 0.2) is 78.9 Å². The maximum atomic E-state index is 13.2. The molecule has 1 aromatic heterocycles. The lowest BCUT2D eigenvalue weighted by molar-refractivity contribution is 0.101. The summed E-state index contributed by atoms with van der Waals surface area (Å²) in [5, 5.41) is 0.942. The molecule has 3 aromatic carbocycles. The van der Waals surface area contributed by atoms with E-state index in [0.29, 0.717) is 11.3 Å². The van der Waals surface area contributed by atoms with Crippen molar-refractivity contribution < 1.29 is 9.18 Å². The zero-order valence-corrected chi connectivity index (χ0v) is 15.4. The fraction of sp³-hybridized carbons (Fsp3) is 0.0400. The van der Waals surface area contributed by atoms with Crippen molar-refractivity contribution in [2.24, 2.45) is 0 Å². The molecule has 0 aliphatic heterocycles. The van der Waals surface area contributed by atoms with E-state index in [0.717, 1.165) is 27.6 Å². The summed E-state index contributed by atoms with van der Waals surface area (Å²) in [4.78, 5) is 17.4. The summed E-state index contributed by atoms with van der Waals surface area (Å²) in [6.07, 6.45) is 3.67. The van der Waals surface area contributed by atoms with Crippen molar-refractivity contribution in [1.82, 2.24) is 4.98 Å². The summed E-state index contributed by atoms with van der Waals surface area (Å²) in [7, 11) is 0. The SMILES string of the molecule is CC(=O)c1c(/C=C/c2ccc(F)cc2)nc2ccccc2c1-c1ccccc1. The van der Waals surface area contributed by atoms with Crippen LogP contribution >= 0.6 is 0 Å². The second kappa shape index (κ2) is 7.57. The lowest BCUT2D eigenvalue weighted by Crippen LogP contribution is -2.04. The number of fused-ring (bicyclic) bond motifs is 1. The van der Waals surface area contributed by atoms with Crippen molar-refractivity contribution in [2.45, 2.75) is 6.92 Å². The molecule has 0 radical (unpaired) electrons. The van der Waals surface area contributed by atoms with E-state index in [1.165, 1.54) is 12.1 Å². The van der Waals surface area contributed by atoms with Gasteiger partial charge in [0.1, 0.15) is 5.82 Å². The van der Waals surface area contributed by atoms with Crippen LogP contribution in [-0.4, -0.2) is 10.8 Å². The van der Waals surface area contributed by atoms with E-state index < -0.39 is 0 Å². The lowest BCUT2D eigenvalue weighted by atomic mass is 9.92. The number of ketones is 1. The summed E-state index contributed by atoms with van der Waals surface area (Å²) < 4.78 is 13.2. The van der Waals surface area contributed by atoms with Gasteiger partial charge in [0.05, 0.1) is 16.8 Å². The van der Waals surface area contributed by atoms with E-state index in [1.807, 2.05) is 66.7 Å². The highest BCUT2D eigenvalue weighted by molar-refractivity contribution is 6.11. The summed E-state index contributed by atoms with van der Waals surface area (Å²) in [6, 6.07) is 23.9. The van der Waals surface area contributed by atoms with Gasteiger partial charge in [-0.3, -0.25) is 4.79 Å². The van der Waals surface area contributed by atoms with Gasteiger partial charge in [-0.2, -0.15) is 0 Å². The van der Waals surface area contributed by atoms with E-state index in [-0.39, 0.29) is 11.6 Å². The Labute approximate surface area is 163 Å². The van der Waals surface area contributed by atoms with Crippen molar-refractivity contribution in [3.05, 3.63) is 102 Å². The van der Waals surface area contributed by atoms with E-state index >= 15 is 0 Å². The predicted octanol–water partition coefficient (Wildman–Crippen LogP) is 6.41. The van der Waals surface area contributed by atoms with Crippen molar-refractivity contribution in [1.29, 1.82) is 0 Å². The highest BCUT2D eigenvalue weighted by Gasteiger charge is 2.18. The molecule has 4 aromatic rings. The molecule has 0 saturated heterocycles. The molecule has 0 unspecified atom stereocenters. The third kappa shape index (κ3) is 3.47. The highest BCUT2D eigenvalue weighted by atomic mass is 19.1. The molecule has 28 heavy (non-hydrogen) atoms. The minimum atomic E-state index is -0.281. The van der Waals surface area contributed by atoms with E-state index in [4.69, 9.17) is 4.98 Å². The normalized spacial score (nSPS) is 11.2. The molecule has 4 rings (SSSR count). The first-order valence-electron chi connectivity index (χ1n) is 9.06. The predicted molar refractivity (Wildman–Crippen MR) is 113 cm³/mol. The molecule has 1 heterocycles. The highest BCUT2D eigenvalue weighted by Crippen LogP contribution is 2.34. The number of para-hydroxylation sites is 1. The van der Waals surface area contributed by atoms with E-state index in [1.54, 1.807) is 19.1 Å². The Morgan fingerprint density at radius 2 is 1.54 bits per heavy atom. The number of Topliss-reactive ketones (excluding diaryl/α,β-unsaturated/α-hetero) is 1. The number of hydrogen-bond donors (Lipinski definition) is 0. The largest absolute Gasteiger partial charge is 0.294 e. The number of carbonyl (C=O) groups excluding carboxylic acids is 1. The van der Waals surface area contributed by atoms with Gasteiger partial charge in [-0.15, -0.1) is 0 Å². The van der Waals surface area contributed by atoms with Crippen molar-refractivity contribution in [3.8, 4) is 11.1 Å². The van der Waals surface area contributed by atoms with Gasteiger partial charge in [0.15, 0.2) is 5.78 Å². The van der Waals surface area contributed by atoms with Gasteiger partial charge >= 0.3 is 0 Å². The minimum Gasteiger partial charge on any atom is -0.294 e. The van der Waals surface area contributed by atoms with Gasteiger partial charge in [0.25, 0.3) is 0 Å². The van der Waals surface area contributed by atoms with Gasteiger partial charge in [-0.1, -0.05) is 66.7 Å². The Morgan fingerprint density at radius 3 is 2.25 bits per heavy atom. The lowest BCUT2D eigenvalue weighted by Gasteiger charge is -2.14. The number of aromatic nitrogens is 1. The molecule has 0 N–H and O–H groups in total. The third-order valence-corrected chi connectivity index (χ3v) is 4.64. The summed E-state index contributed by atoms with van der Waals surface area (Å²) in [5.74, 6) is -0.326. The Bertz CT molecular complexity index is 1180. The van der Waals surface area contributed by atoms with Crippen molar-refractivity contribution >= 4 is 28.8 Å². The second-order valence-corrected chi connectivity index (χ2v) is 6.57. The molecule has 0 spiro atoms. The maximum Gasteiger partial charge on any atom is 0.162 e. The first-order valence-corrected chi connectivity index (χ1v) is 9.06. The summed E-state index contributed by atoms with van der Waals surface area (Å²) >= 11 is 0. The average Bonchev–Trinajstić information content (AvgIpc) is 2.72. The average molecular weight is 367 g/mol. The number of halogens is 1. The summed E-state index contributed by atoms with van der Waals surface area (Å²) in [6.45, 7) is 1.56. The fourth-order valence-corrected chi connectivity index (χ4v) is 3.36. The third-order valence-electron chi connectivity index (χ3n) is 4.64. The van der Waals surface area contributed by atoms with Gasteiger partial charge in [0, 0.05) is 10.9 Å². The Morgan fingerprint density at radius 1 is 0.857 bits per heavy atom. The molecule has 0 aliphatic rings. The fourth-order valence-electron chi connectivity index (χ4n) is 3.36. The molecule has 0 fully saturated rings. The van der Waals surface area contributed by atoms with Crippen LogP contribution in [0, 0.1) is 5.82 Å². The Balaban J connectivity index is 1.97. The first-order chi connectivity index (χ1) is 13.6. The monoisotopic (exact) mass is 367 g/mol. The van der Waals surface area contributed by atoms with Crippen LogP contribution < -0.4 is 0 Å². The molecule has 0 saturated carbocycles. The Kier molecular flexibility index (Phi) is 4.81. The van der Waals surface area contributed by atoms with Crippen LogP contribution in [0.2, 0.25) is 0 Å². The van der Waals surface area contributed by atoms with Crippen LogP contribution in [0.5, 0.6) is 0 Å². The van der Waals surface area contributed by atoms with Crippen molar-refractivity contribution in [3.63, 3.8) is 0 Å². The number of benzene rings is 3. The molecule has 3 heteroatoms. The van der Waals surface area contributed by atoms with Gasteiger partial charge in [-0.05, 0) is 42.3 Å². The van der Waals surface area contributed by atoms with Crippen LogP contribution in [0.1, 0.15) is 28.5 Å². The molecule has 0 amide bonds. The minimum absolute atomic E-state index is 0.0455. The molecular weight excluding hydrogens is 349 g/mol. The zero-order valence-electron chi connectivity index (χ0n) is 15.4. The maximum absolute atomic E-state index is 13.2. The van der Waals surface area contributed by atoms with Crippen LogP contribution in [0.3, 0.4) is 0 Å². The van der Waals surface area contributed by atoms with E-state index in [9.17, 15) is 9.18 Å². The smallest absolute Gasteiger partial charge is 0.162 e. The Hall–Kier alpha value is -3.59.